The van der Waals surface area contributed by atoms with E-state index in [9.17, 15) is 0 Å². The summed E-state index contributed by atoms with van der Waals surface area (Å²) in [7, 11) is 5.02. The number of methoxy groups -OCH3 is 3. The lowest BCUT2D eigenvalue weighted by Gasteiger charge is -2.37. The number of halogens is 1. The van der Waals surface area contributed by atoms with Crippen LogP contribution in [0.4, 0.5) is 5.69 Å². The Balaban J connectivity index is 0.00000341. The van der Waals surface area contributed by atoms with E-state index in [-0.39, 0.29) is 29.4 Å². The lowest BCUT2D eigenvalue weighted by atomic mass is 9.69. The van der Waals surface area contributed by atoms with Gasteiger partial charge in [-0.05, 0) is 36.6 Å². The van der Waals surface area contributed by atoms with Crippen LogP contribution < -0.4 is 20.5 Å². The molecule has 0 amide bonds. The van der Waals surface area contributed by atoms with E-state index in [1.807, 2.05) is 30.3 Å². The molecule has 0 atom stereocenters. The van der Waals surface area contributed by atoms with Crippen LogP contribution in [-0.4, -0.2) is 33.8 Å². The minimum Gasteiger partial charge on any atom is -0.493 e. The molecule has 1 fully saturated rings. The SMILES string of the molecule is COCc1ccccc1NC(N)=NCC1(c2ccc(OC)c(OC)c2)CCCCC1.I. The van der Waals surface area contributed by atoms with Gasteiger partial charge in [0.1, 0.15) is 0 Å². The third-order valence-corrected chi connectivity index (χ3v) is 5.94. The lowest BCUT2D eigenvalue weighted by Crippen LogP contribution is -2.34. The van der Waals surface area contributed by atoms with Crippen LogP contribution in [0.5, 0.6) is 11.5 Å². The number of guanidine groups is 1. The van der Waals surface area contributed by atoms with E-state index in [4.69, 9.17) is 24.9 Å². The maximum atomic E-state index is 6.28. The van der Waals surface area contributed by atoms with Crippen molar-refractivity contribution in [3.63, 3.8) is 0 Å². The molecule has 2 aromatic carbocycles. The molecule has 0 radical (unpaired) electrons. The highest BCUT2D eigenvalue weighted by Gasteiger charge is 2.34. The van der Waals surface area contributed by atoms with Gasteiger partial charge in [-0.3, -0.25) is 4.99 Å². The maximum Gasteiger partial charge on any atom is 0.193 e. The van der Waals surface area contributed by atoms with Gasteiger partial charge >= 0.3 is 0 Å². The fraction of sp³-hybridized carbons (Fsp3) is 0.458. The summed E-state index contributed by atoms with van der Waals surface area (Å²) in [6.45, 7) is 1.15. The number of nitrogens with two attached hydrogens (primary N) is 1. The molecule has 0 aromatic heterocycles. The summed E-state index contributed by atoms with van der Waals surface area (Å²) < 4.78 is 16.2. The molecule has 1 aliphatic rings. The monoisotopic (exact) mass is 539 g/mol. The largest absolute Gasteiger partial charge is 0.493 e. The molecule has 1 saturated carbocycles. The van der Waals surface area contributed by atoms with Gasteiger partial charge in [-0.25, -0.2) is 0 Å². The van der Waals surface area contributed by atoms with Crippen LogP contribution in [0.1, 0.15) is 43.2 Å². The molecule has 0 heterocycles. The Morgan fingerprint density at radius 1 is 1.00 bits per heavy atom. The first kappa shape index (κ1) is 25.3. The quantitative estimate of drug-likeness (QED) is 0.278. The number of hydrogen-bond donors (Lipinski definition) is 2. The molecule has 0 aliphatic heterocycles. The molecule has 7 heteroatoms. The van der Waals surface area contributed by atoms with Gasteiger partial charge in [0.2, 0.25) is 0 Å². The first-order valence-corrected chi connectivity index (χ1v) is 10.5. The fourth-order valence-corrected chi connectivity index (χ4v) is 4.27. The number of benzene rings is 2. The first-order valence-electron chi connectivity index (χ1n) is 10.5. The molecule has 0 unspecified atom stereocenters. The van der Waals surface area contributed by atoms with Crippen LogP contribution in [0.3, 0.4) is 0 Å². The van der Waals surface area contributed by atoms with Crippen molar-refractivity contribution in [2.24, 2.45) is 10.7 Å². The average Bonchev–Trinajstić information content (AvgIpc) is 2.79. The van der Waals surface area contributed by atoms with Crippen LogP contribution in [0.15, 0.2) is 47.5 Å². The van der Waals surface area contributed by atoms with Crippen LogP contribution >= 0.6 is 24.0 Å². The average molecular weight is 539 g/mol. The Kier molecular flexibility index (Phi) is 9.90. The number of hydrogen-bond acceptors (Lipinski definition) is 4. The summed E-state index contributed by atoms with van der Waals surface area (Å²) in [6.07, 6.45) is 5.80. The molecule has 1 aliphatic carbocycles. The van der Waals surface area contributed by atoms with E-state index < -0.39 is 0 Å². The number of para-hydroxylation sites is 1. The van der Waals surface area contributed by atoms with E-state index in [1.165, 1.54) is 24.8 Å². The number of aliphatic imine (C=N–C) groups is 1. The second-order valence-electron chi connectivity index (χ2n) is 7.83. The molecule has 3 N–H and O–H groups in total. The Morgan fingerprint density at radius 3 is 2.39 bits per heavy atom. The molecule has 6 nitrogen and oxygen atoms in total. The van der Waals surface area contributed by atoms with Gasteiger partial charge in [-0.15, -0.1) is 24.0 Å². The fourth-order valence-electron chi connectivity index (χ4n) is 4.27. The van der Waals surface area contributed by atoms with E-state index in [0.717, 1.165) is 35.6 Å². The van der Waals surface area contributed by atoms with Crippen molar-refractivity contribution in [2.45, 2.75) is 44.1 Å². The predicted molar refractivity (Wildman–Crippen MR) is 137 cm³/mol. The lowest BCUT2D eigenvalue weighted by molar-refractivity contribution is 0.185. The van der Waals surface area contributed by atoms with Crippen LogP contribution in [0, 0.1) is 0 Å². The van der Waals surface area contributed by atoms with Gasteiger partial charge < -0.3 is 25.3 Å². The van der Waals surface area contributed by atoms with Crippen molar-refractivity contribution >= 4 is 35.6 Å². The van der Waals surface area contributed by atoms with E-state index in [0.29, 0.717) is 19.1 Å². The molecular formula is C24H34IN3O3. The minimum absolute atomic E-state index is 0. The zero-order valence-electron chi connectivity index (χ0n) is 18.6. The number of nitrogens with zero attached hydrogens (tertiary/aromatic N) is 1. The molecule has 2 aromatic rings. The third kappa shape index (κ3) is 6.26. The second kappa shape index (κ2) is 12.1. The van der Waals surface area contributed by atoms with E-state index >= 15 is 0 Å². The second-order valence-corrected chi connectivity index (χ2v) is 7.83. The first-order chi connectivity index (χ1) is 14.6. The summed E-state index contributed by atoms with van der Waals surface area (Å²) in [5, 5.41) is 3.25. The molecule has 3 rings (SSSR count). The van der Waals surface area contributed by atoms with Gasteiger partial charge in [0.15, 0.2) is 17.5 Å². The predicted octanol–water partition coefficient (Wildman–Crippen LogP) is 5.10. The highest BCUT2D eigenvalue weighted by molar-refractivity contribution is 14.0. The van der Waals surface area contributed by atoms with Crippen molar-refractivity contribution < 1.29 is 14.2 Å². The van der Waals surface area contributed by atoms with Crippen molar-refractivity contribution in [2.75, 3.05) is 33.2 Å². The van der Waals surface area contributed by atoms with E-state index in [1.54, 1.807) is 21.3 Å². The third-order valence-electron chi connectivity index (χ3n) is 5.94. The van der Waals surface area contributed by atoms with Crippen molar-refractivity contribution in [1.82, 2.24) is 0 Å². The molecule has 0 saturated heterocycles. The number of ether oxygens (including phenoxy) is 3. The van der Waals surface area contributed by atoms with Gasteiger partial charge in [-0.1, -0.05) is 43.5 Å². The number of anilines is 1. The Bertz CT molecular complexity index is 867. The maximum absolute atomic E-state index is 6.28. The molecule has 0 bridgehead atoms. The Morgan fingerprint density at radius 2 is 1.71 bits per heavy atom. The normalized spacial score (nSPS) is 15.6. The summed E-state index contributed by atoms with van der Waals surface area (Å²) in [4.78, 5) is 4.76. The summed E-state index contributed by atoms with van der Waals surface area (Å²) in [5.41, 5.74) is 9.43. The topological polar surface area (TPSA) is 78.1 Å². The smallest absolute Gasteiger partial charge is 0.193 e. The van der Waals surface area contributed by atoms with Gasteiger partial charge in [0, 0.05) is 23.8 Å². The Hall–Kier alpha value is -2.00. The zero-order chi connectivity index (χ0) is 21.4. The van der Waals surface area contributed by atoms with Crippen LogP contribution in [0.2, 0.25) is 0 Å². The molecular weight excluding hydrogens is 505 g/mol. The van der Waals surface area contributed by atoms with E-state index in [2.05, 4.69) is 17.4 Å². The van der Waals surface area contributed by atoms with Gasteiger partial charge in [0.05, 0.1) is 27.4 Å². The van der Waals surface area contributed by atoms with Crippen molar-refractivity contribution in [1.29, 1.82) is 0 Å². The van der Waals surface area contributed by atoms with Crippen LogP contribution in [0.25, 0.3) is 0 Å². The number of rotatable bonds is 8. The summed E-state index contributed by atoms with van der Waals surface area (Å²) in [6, 6.07) is 14.2. The molecule has 31 heavy (non-hydrogen) atoms. The standard InChI is InChI=1S/C24H33N3O3.HI/c1-28-16-18-9-5-6-10-20(18)27-23(25)26-17-24(13-7-4-8-14-24)19-11-12-21(29-2)22(15-19)30-3;/h5-6,9-12,15H,4,7-8,13-14,16-17H2,1-3H3,(H3,25,26,27);1H. The molecule has 170 valence electrons. The highest BCUT2D eigenvalue weighted by atomic mass is 127. The summed E-state index contributed by atoms with van der Waals surface area (Å²) in [5.74, 6) is 1.92. The number of nitrogens with one attached hydrogen (secondary N) is 1. The Labute approximate surface area is 202 Å². The molecule has 0 spiro atoms. The minimum atomic E-state index is -0.0455. The summed E-state index contributed by atoms with van der Waals surface area (Å²) >= 11 is 0. The zero-order valence-corrected chi connectivity index (χ0v) is 21.0. The van der Waals surface area contributed by atoms with Crippen molar-refractivity contribution in [3.05, 3.63) is 53.6 Å². The van der Waals surface area contributed by atoms with Crippen LogP contribution in [-0.2, 0) is 16.8 Å². The highest BCUT2D eigenvalue weighted by Crippen LogP contribution is 2.42. The van der Waals surface area contributed by atoms with Gasteiger partial charge in [-0.2, -0.15) is 0 Å². The van der Waals surface area contributed by atoms with Gasteiger partial charge in [0.25, 0.3) is 0 Å². The van der Waals surface area contributed by atoms with Crippen molar-refractivity contribution in [3.8, 4) is 11.5 Å².